The summed E-state index contributed by atoms with van der Waals surface area (Å²) in [6.45, 7) is 5.74. The lowest BCUT2D eigenvalue weighted by atomic mass is 9.70. The van der Waals surface area contributed by atoms with Gasteiger partial charge in [0.1, 0.15) is 0 Å². The van der Waals surface area contributed by atoms with Crippen LogP contribution in [0.1, 0.15) is 45.4 Å². The summed E-state index contributed by atoms with van der Waals surface area (Å²) in [6, 6.07) is 0. The molecule has 0 amide bonds. The van der Waals surface area contributed by atoms with E-state index in [9.17, 15) is 0 Å². The highest BCUT2D eigenvalue weighted by molar-refractivity contribution is 4.86. The van der Waals surface area contributed by atoms with Gasteiger partial charge in [0.05, 0.1) is 0 Å². The van der Waals surface area contributed by atoms with Gasteiger partial charge in [-0.1, -0.05) is 19.8 Å². The summed E-state index contributed by atoms with van der Waals surface area (Å²) < 4.78 is 0. The van der Waals surface area contributed by atoms with Crippen molar-refractivity contribution in [2.24, 2.45) is 23.0 Å². The molecule has 2 nitrogen and oxygen atoms in total. The lowest BCUT2D eigenvalue weighted by Gasteiger charge is -2.39. The number of nitrogens with one attached hydrogen (secondary N) is 1. The molecule has 0 spiro atoms. The third kappa shape index (κ3) is 2.73. The summed E-state index contributed by atoms with van der Waals surface area (Å²) >= 11 is 0. The predicted molar refractivity (Wildman–Crippen MR) is 64.7 cm³/mol. The van der Waals surface area contributed by atoms with Crippen molar-refractivity contribution in [1.29, 1.82) is 0 Å². The van der Waals surface area contributed by atoms with Crippen molar-refractivity contribution in [2.45, 2.75) is 45.4 Å². The summed E-state index contributed by atoms with van der Waals surface area (Å²) in [7, 11) is 0. The van der Waals surface area contributed by atoms with Crippen LogP contribution in [0.4, 0.5) is 0 Å². The summed E-state index contributed by atoms with van der Waals surface area (Å²) in [5, 5.41) is 3.68. The monoisotopic (exact) mass is 210 g/mol. The van der Waals surface area contributed by atoms with Crippen molar-refractivity contribution >= 4 is 0 Å². The Morgan fingerprint density at radius 2 is 1.93 bits per heavy atom. The lowest BCUT2D eigenvalue weighted by Crippen LogP contribution is -2.40. The van der Waals surface area contributed by atoms with Gasteiger partial charge in [-0.15, -0.1) is 0 Å². The molecule has 2 unspecified atom stereocenters. The molecule has 2 heteroatoms. The Labute approximate surface area is 94.0 Å². The second kappa shape index (κ2) is 4.84. The van der Waals surface area contributed by atoms with E-state index in [-0.39, 0.29) is 0 Å². The molecule has 15 heavy (non-hydrogen) atoms. The van der Waals surface area contributed by atoms with Crippen molar-refractivity contribution in [3.05, 3.63) is 0 Å². The molecule has 0 heterocycles. The largest absolute Gasteiger partial charge is 0.330 e. The zero-order valence-corrected chi connectivity index (χ0v) is 10.1. The summed E-state index contributed by atoms with van der Waals surface area (Å²) in [4.78, 5) is 0. The van der Waals surface area contributed by atoms with Crippen molar-refractivity contribution in [3.63, 3.8) is 0 Å². The zero-order chi connectivity index (χ0) is 10.7. The van der Waals surface area contributed by atoms with Crippen molar-refractivity contribution in [3.8, 4) is 0 Å². The number of nitrogens with two attached hydrogens (primary N) is 1. The smallest absolute Gasteiger partial charge is 0.000528 e. The Bertz CT molecular complexity index is 199. The van der Waals surface area contributed by atoms with Gasteiger partial charge >= 0.3 is 0 Å². The second-order valence-electron chi connectivity index (χ2n) is 5.98. The fourth-order valence-electron chi connectivity index (χ4n) is 3.21. The zero-order valence-electron chi connectivity index (χ0n) is 10.1. The van der Waals surface area contributed by atoms with Crippen LogP contribution >= 0.6 is 0 Å². The standard InChI is InChI=1S/C13H26N2/c1-13(6-3-7-13)10-15-9-12-5-2-4-11(12)8-14/h11-12,15H,2-10,14H2,1H3. The first-order chi connectivity index (χ1) is 7.23. The summed E-state index contributed by atoms with van der Waals surface area (Å²) in [5.41, 5.74) is 6.41. The van der Waals surface area contributed by atoms with Crippen molar-refractivity contribution in [2.75, 3.05) is 19.6 Å². The highest BCUT2D eigenvalue weighted by Gasteiger charge is 2.32. The molecule has 0 bridgehead atoms. The Balaban J connectivity index is 1.64. The summed E-state index contributed by atoms with van der Waals surface area (Å²) in [6.07, 6.45) is 8.43. The van der Waals surface area contributed by atoms with Crippen LogP contribution in [0, 0.1) is 17.3 Å². The third-order valence-electron chi connectivity index (χ3n) is 4.64. The van der Waals surface area contributed by atoms with Crippen LogP contribution < -0.4 is 11.1 Å². The first-order valence-electron chi connectivity index (χ1n) is 6.64. The average molecular weight is 210 g/mol. The van der Waals surface area contributed by atoms with Crippen LogP contribution in [0.5, 0.6) is 0 Å². The minimum absolute atomic E-state index is 0.622. The van der Waals surface area contributed by atoms with E-state index in [2.05, 4.69) is 12.2 Å². The molecule has 2 fully saturated rings. The van der Waals surface area contributed by atoms with Crippen LogP contribution in [0.25, 0.3) is 0 Å². The molecule has 88 valence electrons. The van der Waals surface area contributed by atoms with E-state index in [0.29, 0.717) is 5.41 Å². The highest BCUT2D eigenvalue weighted by Crippen LogP contribution is 2.39. The molecular weight excluding hydrogens is 184 g/mol. The first-order valence-corrected chi connectivity index (χ1v) is 6.64. The third-order valence-corrected chi connectivity index (χ3v) is 4.64. The van der Waals surface area contributed by atoms with Gasteiger partial charge in [-0.05, 0) is 56.0 Å². The van der Waals surface area contributed by atoms with Gasteiger partial charge in [-0.25, -0.2) is 0 Å². The van der Waals surface area contributed by atoms with E-state index < -0.39 is 0 Å². The van der Waals surface area contributed by atoms with Crippen LogP contribution in [-0.2, 0) is 0 Å². The van der Waals surface area contributed by atoms with E-state index in [0.717, 1.165) is 18.4 Å². The molecule has 0 aromatic heterocycles. The van der Waals surface area contributed by atoms with Gasteiger partial charge in [0, 0.05) is 6.54 Å². The van der Waals surface area contributed by atoms with Crippen molar-refractivity contribution < 1.29 is 0 Å². The molecular formula is C13H26N2. The Kier molecular flexibility index (Phi) is 3.68. The predicted octanol–water partition coefficient (Wildman–Crippen LogP) is 2.14. The maximum Gasteiger partial charge on any atom is 0.000528 e. The first kappa shape index (κ1) is 11.4. The highest BCUT2D eigenvalue weighted by atomic mass is 14.9. The maximum absolute atomic E-state index is 5.79. The van der Waals surface area contributed by atoms with E-state index in [1.807, 2.05) is 0 Å². The van der Waals surface area contributed by atoms with Crippen LogP contribution in [-0.4, -0.2) is 19.6 Å². The van der Waals surface area contributed by atoms with Crippen molar-refractivity contribution in [1.82, 2.24) is 5.32 Å². The molecule has 0 aromatic carbocycles. The van der Waals surface area contributed by atoms with Crippen LogP contribution in [0.15, 0.2) is 0 Å². The summed E-state index contributed by atoms with van der Waals surface area (Å²) in [5.74, 6) is 1.66. The SMILES string of the molecule is CC1(CNCC2CCCC2CN)CCC1. The minimum atomic E-state index is 0.622. The van der Waals surface area contributed by atoms with Crippen LogP contribution in [0.3, 0.4) is 0 Å². The molecule has 2 saturated carbocycles. The molecule has 3 N–H and O–H groups in total. The Hall–Kier alpha value is -0.0800. The van der Waals surface area contributed by atoms with E-state index in [4.69, 9.17) is 5.73 Å². The molecule has 0 radical (unpaired) electrons. The number of rotatable bonds is 5. The quantitative estimate of drug-likeness (QED) is 0.729. The molecule has 0 saturated heterocycles. The molecule has 0 aromatic rings. The van der Waals surface area contributed by atoms with E-state index in [1.165, 1.54) is 51.6 Å². The van der Waals surface area contributed by atoms with Gasteiger partial charge < -0.3 is 11.1 Å². The lowest BCUT2D eigenvalue weighted by molar-refractivity contribution is 0.153. The fourth-order valence-corrected chi connectivity index (χ4v) is 3.21. The van der Waals surface area contributed by atoms with Gasteiger partial charge in [0.25, 0.3) is 0 Å². The van der Waals surface area contributed by atoms with E-state index in [1.54, 1.807) is 0 Å². The minimum Gasteiger partial charge on any atom is -0.330 e. The molecule has 2 aliphatic carbocycles. The molecule has 2 rings (SSSR count). The van der Waals surface area contributed by atoms with Gasteiger partial charge in [-0.3, -0.25) is 0 Å². The molecule has 2 aliphatic rings. The number of hydrogen-bond donors (Lipinski definition) is 2. The molecule has 2 atom stereocenters. The van der Waals surface area contributed by atoms with Gasteiger partial charge in [0.2, 0.25) is 0 Å². The normalized spacial score (nSPS) is 34.0. The van der Waals surface area contributed by atoms with E-state index >= 15 is 0 Å². The maximum atomic E-state index is 5.79. The Morgan fingerprint density at radius 3 is 2.53 bits per heavy atom. The Morgan fingerprint density at radius 1 is 1.20 bits per heavy atom. The van der Waals surface area contributed by atoms with Gasteiger partial charge in [0.15, 0.2) is 0 Å². The van der Waals surface area contributed by atoms with Crippen LogP contribution in [0.2, 0.25) is 0 Å². The topological polar surface area (TPSA) is 38.0 Å². The second-order valence-corrected chi connectivity index (χ2v) is 5.98. The average Bonchev–Trinajstić information content (AvgIpc) is 2.63. The fraction of sp³-hybridized carbons (Fsp3) is 1.00. The number of hydrogen-bond acceptors (Lipinski definition) is 2. The molecule has 0 aliphatic heterocycles. The van der Waals surface area contributed by atoms with Gasteiger partial charge in [-0.2, -0.15) is 0 Å².